The molecule has 1 atom stereocenters. The maximum atomic E-state index is 10.4. The highest BCUT2D eigenvalue weighted by Crippen LogP contribution is 2.06. The van der Waals surface area contributed by atoms with Gasteiger partial charge in [-0.15, -0.1) is 0 Å². The molecule has 0 aliphatic heterocycles. The molecular weight excluding hydrogens is 154 g/mol. The first-order valence-electron chi connectivity index (χ1n) is 3.94. The van der Waals surface area contributed by atoms with Crippen LogP contribution in [-0.2, 0) is 4.79 Å². The van der Waals surface area contributed by atoms with Gasteiger partial charge in [-0.25, -0.2) is 0 Å². The Hall–Kier alpha value is -1.03. The Balaban J connectivity index is 4.42. The molecule has 0 bridgehead atoms. The Morgan fingerprint density at radius 1 is 1.58 bits per heavy atom. The van der Waals surface area contributed by atoms with Gasteiger partial charge in [-0.2, -0.15) is 0 Å². The highest BCUT2D eigenvalue weighted by atomic mass is 16.1. The monoisotopic (exact) mass is 171 g/mol. The summed E-state index contributed by atoms with van der Waals surface area (Å²) in [6.07, 6.45) is 0.665. The van der Waals surface area contributed by atoms with E-state index in [1.807, 2.05) is 14.0 Å². The first-order chi connectivity index (χ1) is 5.67. The van der Waals surface area contributed by atoms with Crippen LogP contribution in [0, 0.1) is 5.92 Å². The van der Waals surface area contributed by atoms with Crippen molar-refractivity contribution in [2.75, 3.05) is 20.6 Å². The lowest BCUT2D eigenvalue weighted by Crippen LogP contribution is -2.27. The maximum Gasteiger partial charge on any atom is 0.167 e. The zero-order chi connectivity index (χ0) is 9.56. The molecule has 0 fully saturated rings. The Morgan fingerprint density at radius 2 is 2.17 bits per heavy atom. The van der Waals surface area contributed by atoms with Crippen molar-refractivity contribution < 1.29 is 4.79 Å². The summed E-state index contributed by atoms with van der Waals surface area (Å²) in [6.45, 7) is 2.80. The third kappa shape index (κ3) is 2.92. The van der Waals surface area contributed by atoms with Crippen LogP contribution < -0.4 is 16.4 Å². The van der Waals surface area contributed by atoms with Crippen LogP contribution in [0.15, 0.2) is 11.4 Å². The molecule has 0 aromatic rings. The molecule has 4 heteroatoms. The number of carbonyl (C=O) groups excluding carboxylic acids is 1. The van der Waals surface area contributed by atoms with Crippen molar-refractivity contribution in [1.82, 2.24) is 10.6 Å². The van der Waals surface area contributed by atoms with E-state index < -0.39 is 0 Å². The van der Waals surface area contributed by atoms with Crippen LogP contribution in [0.1, 0.15) is 6.92 Å². The molecule has 4 N–H and O–H groups in total. The van der Waals surface area contributed by atoms with E-state index in [4.69, 9.17) is 5.73 Å². The quantitative estimate of drug-likeness (QED) is 0.383. The standard InChI is InChI=1S/C8H17N3O/c1-6(4-10-2)8(11-3)7(9)5-12/h5-6,10-11H,4,9H2,1-3H3/b8-7+. The van der Waals surface area contributed by atoms with Gasteiger partial charge in [0.1, 0.15) is 0 Å². The van der Waals surface area contributed by atoms with Crippen molar-refractivity contribution in [1.29, 1.82) is 0 Å². The van der Waals surface area contributed by atoms with Crippen molar-refractivity contribution in [3.8, 4) is 0 Å². The van der Waals surface area contributed by atoms with Gasteiger partial charge in [-0.05, 0) is 7.05 Å². The number of nitrogens with one attached hydrogen (secondary N) is 2. The molecule has 0 spiro atoms. The third-order valence-electron chi connectivity index (χ3n) is 1.71. The predicted octanol–water partition coefficient (Wildman–Crippen LogP) is -0.569. The van der Waals surface area contributed by atoms with Crippen molar-refractivity contribution in [2.45, 2.75) is 6.92 Å². The Morgan fingerprint density at radius 3 is 2.50 bits per heavy atom. The van der Waals surface area contributed by atoms with Crippen LogP contribution in [0.3, 0.4) is 0 Å². The van der Waals surface area contributed by atoms with Crippen molar-refractivity contribution in [2.24, 2.45) is 11.7 Å². The minimum absolute atomic E-state index is 0.227. The largest absolute Gasteiger partial charge is 0.395 e. The van der Waals surface area contributed by atoms with Gasteiger partial charge >= 0.3 is 0 Å². The lowest BCUT2D eigenvalue weighted by Gasteiger charge is -2.15. The molecule has 0 aromatic carbocycles. The number of nitrogens with two attached hydrogens (primary N) is 1. The van der Waals surface area contributed by atoms with Gasteiger partial charge in [0.2, 0.25) is 0 Å². The second-order valence-electron chi connectivity index (χ2n) is 2.70. The van der Waals surface area contributed by atoms with E-state index >= 15 is 0 Å². The number of rotatable bonds is 5. The predicted molar refractivity (Wildman–Crippen MR) is 49.4 cm³/mol. The van der Waals surface area contributed by atoms with Gasteiger partial charge < -0.3 is 16.4 Å². The zero-order valence-electron chi connectivity index (χ0n) is 7.85. The zero-order valence-corrected chi connectivity index (χ0v) is 7.85. The molecule has 0 aliphatic rings. The van der Waals surface area contributed by atoms with Crippen molar-refractivity contribution >= 4 is 6.29 Å². The molecule has 0 rings (SSSR count). The number of aldehydes is 1. The van der Waals surface area contributed by atoms with Gasteiger partial charge in [0.15, 0.2) is 6.29 Å². The summed E-state index contributed by atoms with van der Waals surface area (Å²) in [5, 5.41) is 5.94. The highest BCUT2D eigenvalue weighted by molar-refractivity contribution is 5.72. The Kier molecular flexibility index (Phi) is 5.12. The van der Waals surface area contributed by atoms with E-state index in [0.717, 1.165) is 12.2 Å². The summed E-state index contributed by atoms with van der Waals surface area (Å²) in [7, 11) is 3.62. The number of hydrogen-bond acceptors (Lipinski definition) is 4. The topological polar surface area (TPSA) is 67.2 Å². The summed E-state index contributed by atoms with van der Waals surface area (Å²) in [5.74, 6) is 0.227. The van der Waals surface area contributed by atoms with E-state index in [1.54, 1.807) is 7.05 Å². The second-order valence-corrected chi connectivity index (χ2v) is 2.70. The lowest BCUT2D eigenvalue weighted by atomic mass is 10.1. The van der Waals surface area contributed by atoms with E-state index in [9.17, 15) is 4.79 Å². The smallest absolute Gasteiger partial charge is 0.167 e. The van der Waals surface area contributed by atoms with E-state index in [1.165, 1.54) is 0 Å². The molecule has 0 radical (unpaired) electrons. The normalized spacial score (nSPS) is 14.9. The third-order valence-corrected chi connectivity index (χ3v) is 1.71. The summed E-state index contributed by atoms with van der Waals surface area (Å²) in [5.41, 5.74) is 6.55. The van der Waals surface area contributed by atoms with Crippen LogP contribution in [0.25, 0.3) is 0 Å². The van der Waals surface area contributed by atoms with Crippen LogP contribution in [0.5, 0.6) is 0 Å². The van der Waals surface area contributed by atoms with Gasteiger partial charge in [0.05, 0.1) is 5.70 Å². The van der Waals surface area contributed by atoms with Gasteiger partial charge in [-0.1, -0.05) is 6.92 Å². The van der Waals surface area contributed by atoms with Gasteiger partial charge in [0, 0.05) is 25.2 Å². The molecule has 12 heavy (non-hydrogen) atoms. The molecule has 0 aromatic heterocycles. The molecule has 4 nitrogen and oxygen atoms in total. The number of hydrogen-bond donors (Lipinski definition) is 3. The average molecular weight is 171 g/mol. The molecule has 0 saturated carbocycles. The SMILES string of the molecule is CNCC(C)/C(NC)=C(\N)C=O. The van der Waals surface area contributed by atoms with Crippen LogP contribution in [-0.4, -0.2) is 26.9 Å². The second kappa shape index (κ2) is 5.60. The fourth-order valence-corrected chi connectivity index (χ4v) is 1.15. The summed E-state index contributed by atoms with van der Waals surface area (Å²) in [6, 6.07) is 0. The summed E-state index contributed by atoms with van der Waals surface area (Å²) < 4.78 is 0. The van der Waals surface area contributed by atoms with E-state index in [-0.39, 0.29) is 11.6 Å². The van der Waals surface area contributed by atoms with E-state index in [0.29, 0.717) is 6.29 Å². The fourth-order valence-electron chi connectivity index (χ4n) is 1.15. The van der Waals surface area contributed by atoms with Crippen LogP contribution >= 0.6 is 0 Å². The van der Waals surface area contributed by atoms with Crippen molar-refractivity contribution in [3.05, 3.63) is 11.4 Å². The number of allylic oxidation sites excluding steroid dienone is 1. The highest BCUT2D eigenvalue weighted by Gasteiger charge is 2.09. The fraction of sp³-hybridized carbons (Fsp3) is 0.625. The molecule has 0 amide bonds. The average Bonchev–Trinajstić information content (AvgIpc) is 2.06. The molecule has 1 unspecified atom stereocenters. The van der Waals surface area contributed by atoms with Gasteiger partial charge in [0.25, 0.3) is 0 Å². The van der Waals surface area contributed by atoms with Gasteiger partial charge in [-0.3, -0.25) is 4.79 Å². The Labute approximate surface area is 73.2 Å². The van der Waals surface area contributed by atoms with Crippen molar-refractivity contribution in [3.63, 3.8) is 0 Å². The van der Waals surface area contributed by atoms with E-state index in [2.05, 4.69) is 10.6 Å². The maximum absolute atomic E-state index is 10.4. The molecule has 0 heterocycles. The first kappa shape index (κ1) is 11.0. The van der Waals surface area contributed by atoms with Crippen LogP contribution in [0.4, 0.5) is 0 Å². The molecule has 0 saturated heterocycles. The molecule has 70 valence electrons. The summed E-state index contributed by atoms with van der Waals surface area (Å²) in [4.78, 5) is 10.4. The first-order valence-corrected chi connectivity index (χ1v) is 3.94. The Bertz CT molecular complexity index is 177. The lowest BCUT2D eigenvalue weighted by molar-refractivity contribution is -0.105. The molecule has 0 aliphatic carbocycles. The minimum atomic E-state index is 0.227. The summed E-state index contributed by atoms with van der Waals surface area (Å²) >= 11 is 0. The van der Waals surface area contributed by atoms with Crippen LogP contribution in [0.2, 0.25) is 0 Å². The minimum Gasteiger partial charge on any atom is -0.395 e. The number of carbonyl (C=O) groups is 1. The molecular formula is C8H17N3O.